The molecule has 0 saturated heterocycles. The molecule has 0 amide bonds. The van der Waals surface area contributed by atoms with Gasteiger partial charge in [0.05, 0.1) is 13.0 Å². The van der Waals surface area contributed by atoms with Crippen LogP contribution in [0.4, 0.5) is 0 Å². The molecule has 1 unspecified atom stereocenters. The molecule has 5 nitrogen and oxygen atoms in total. The van der Waals surface area contributed by atoms with Crippen molar-refractivity contribution in [3.63, 3.8) is 0 Å². The van der Waals surface area contributed by atoms with Crippen molar-refractivity contribution in [2.75, 3.05) is 13.2 Å². The first-order valence-corrected chi connectivity index (χ1v) is 4.28. The highest BCUT2D eigenvalue weighted by atomic mass is 16.6. The summed E-state index contributed by atoms with van der Waals surface area (Å²) in [4.78, 5) is 24.6. The zero-order valence-corrected chi connectivity index (χ0v) is 8.28. The Labute approximate surface area is 82.8 Å². The average molecular weight is 199 g/mol. The lowest BCUT2D eigenvalue weighted by Crippen LogP contribution is -2.20. The first-order chi connectivity index (χ1) is 6.60. The second-order valence-electron chi connectivity index (χ2n) is 2.63. The van der Waals surface area contributed by atoms with Crippen LogP contribution in [0.1, 0.15) is 20.3 Å². The summed E-state index contributed by atoms with van der Waals surface area (Å²) in [5, 5.41) is 0. The van der Waals surface area contributed by atoms with Gasteiger partial charge in [-0.3, -0.25) is 4.79 Å². The number of carbonyl (C=O) groups is 2. The van der Waals surface area contributed by atoms with Gasteiger partial charge in [-0.1, -0.05) is 0 Å². The summed E-state index contributed by atoms with van der Waals surface area (Å²) in [5.74, 6) is -1.02. The van der Waals surface area contributed by atoms with Gasteiger partial charge in [0, 0.05) is 0 Å². The van der Waals surface area contributed by atoms with Crippen LogP contribution in [-0.2, 0) is 19.1 Å². The number of hydrogen-bond donors (Lipinski definition) is 0. The Morgan fingerprint density at radius 1 is 1.43 bits per heavy atom. The maximum absolute atomic E-state index is 10.9. The minimum Gasteiger partial charge on any atom is -0.466 e. The lowest BCUT2D eigenvalue weighted by molar-refractivity contribution is -0.152. The molecule has 14 heavy (non-hydrogen) atoms. The molecule has 0 radical (unpaired) electrons. The van der Waals surface area contributed by atoms with E-state index in [2.05, 4.69) is 9.58 Å². The van der Waals surface area contributed by atoms with Gasteiger partial charge in [-0.15, -0.1) is 0 Å². The van der Waals surface area contributed by atoms with Crippen molar-refractivity contribution in [3.05, 3.63) is 11.4 Å². The van der Waals surface area contributed by atoms with Gasteiger partial charge in [0.1, 0.15) is 6.10 Å². The highest BCUT2D eigenvalue weighted by Crippen LogP contribution is 2.00. The van der Waals surface area contributed by atoms with E-state index in [9.17, 15) is 9.59 Å². The molecule has 5 heteroatoms. The van der Waals surface area contributed by atoms with E-state index < -0.39 is 18.0 Å². The van der Waals surface area contributed by atoms with Gasteiger partial charge in [-0.25, -0.2) is 11.4 Å². The van der Waals surface area contributed by atoms with Crippen LogP contribution in [0.3, 0.4) is 0 Å². The maximum atomic E-state index is 10.9. The van der Waals surface area contributed by atoms with Crippen molar-refractivity contribution >= 4 is 11.9 Å². The molecular weight excluding hydrogens is 186 g/mol. The summed E-state index contributed by atoms with van der Waals surface area (Å²) in [6.45, 7) is 9.70. The molecule has 0 aromatic heterocycles. The Morgan fingerprint density at radius 2 is 2.07 bits per heavy atom. The summed E-state index contributed by atoms with van der Waals surface area (Å²) in [6.07, 6.45) is -0.513. The first-order valence-electron chi connectivity index (χ1n) is 4.28. The lowest BCUT2D eigenvalue weighted by Gasteiger charge is -2.09. The molecule has 0 heterocycles. The van der Waals surface area contributed by atoms with Crippen LogP contribution in [0, 0.1) is 6.57 Å². The summed E-state index contributed by atoms with van der Waals surface area (Å²) < 4.78 is 9.42. The number of carbonyl (C=O) groups excluding carboxylic acids is 2. The minimum atomic E-state index is -0.614. The molecule has 0 aliphatic rings. The molecule has 0 aromatic carbocycles. The standard InChI is InChI=1S/C9H13NO4/c1-4-13-8(11)5-7(2)14-9(12)6-10-3/h7H,4-6H2,1-2H3. The maximum Gasteiger partial charge on any atom is 0.387 e. The van der Waals surface area contributed by atoms with E-state index in [1.54, 1.807) is 13.8 Å². The van der Waals surface area contributed by atoms with E-state index in [-0.39, 0.29) is 13.0 Å². The molecule has 0 aromatic rings. The van der Waals surface area contributed by atoms with Crippen LogP contribution >= 0.6 is 0 Å². The zero-order chi connectivity index (χ0) is 11.0. The van der Waals surface area contributed by atoms with Gasteiger partial charge in [0.15, 0.2) is 0 Å². The third-order valence-corrected chi connectivity index (χ3v) is 1.30. The Kier molecular flexibility index (Phi) is 6.12. The molecule has 0 N–H and O–H groups in total. The molecule has 0 rings (SSSR count). The van der Waals surface area contributed by atoms with E-state index in [1.165, 1.54) is 0 Å². The second-order valence-corrected chi connectivity index (χ2v) is 2.63. The van der Waals surface area contributed by atoms with Gasteiger partial charge < -0.3 is 14.3 Å². The lowest BCUT2D eigenvalue weighted by atomic mass is 10.3. The van der Waals surface area contributed by atoms with Crippen molar-refractivity contribution in [2.45, 2.75) is 26.4 Å². The highest BCUT2D eigenvalue weighted by molar-refractivity contribution is 5.74. The Balaban J connectivity index is 3.75. The van der Waals surface area contributed by atoms with Crippen molar-refractivity contribution in [2.24, 2.45) is 0 Å². The number of esters is 2. The van der Waals surface area contributed by atoms with Gasteiger partial charge in [-0.2, -0.15) is 0 Å². The van der Waals surface area contributed by atoms with Crippen molar-refractivity contribution in [1.82, 2.24) is 0 Å². The van der Waals surface area contributed by atoms with Gasteiger partial charge in [-0.05, 0) is 13.8 Å². The monoisotopic (exact) mass is 199 g/mol. The molecule has 0 aliphatic heterocycles. The number of rotatable bonds is 5. The molecule has 1 atom stereocenters. The van der Waals surface area contributed by atoms with Crippen molar-refractivity contribution in [3.8, 4) is 0 Å². The molecule has 0 saturated carbocycles. The van der Waals surface area contributed by atoms with Gasteiger partial charge in [0.2, 0.25) is 0 Å². The van der Waals surface area contributed by atoms with Crippen LogP contribution in [-0.4, -0.2) is 31.2 Å². The Bertz CT molecular complexity index is 244. The van der Waals surface area contributed by atoms with Crippen LogP contribution in [0.15, 0.2) is 0 Å². The largest absolute Gasteiger partial charge is 0.466 e. The first kappa shape index (κ1) is 12.4. The molecule has 0 bridgehead atoms. The predicted octanol–water partition coefficient (Wildman–Crippen LogP) is 0.791. The zero-order valence-electron chi connectivity index (χ0n) is 8.28. The molecule has 0 aliphatic carbocycles. The van der Waals surface area contributed by atoms with Crippen LogP contribution in [0.25, 0.3) is 4.85 Å². The van der Waals surface area contributed by atoms with Crippen LogP contribution in [0.5, 0.6) is 0 Å². The van der Waals surface area contributed by atoms with E-state index in [0.29, 0.717) is 6.61 Å². The molecule has 78 valence electrons. The van der Waals surface area contributed by atoms with Gasteiger partial charge in [0.25, 0.3) is 0 Å². The fourth-order valence-corrected chi connectivity index (χ4v) is 0.822. The quantitative estimate of drug-likeness (QED) is 0.485. The second kappa shape index (κ2) is 6.89. The molecular formula is C9H13NO4. The predicted molar refractivity (Wildman–Crippen MR) is 48.3 cm³/mol. The Hall–Kier alpha value is -1.57. The van der Waals surface area contributed by atoms with E-state index in [0.717, 1.165) is 0 Å². The van der Waals surface area contributed by atoms with E-state index in [4.69, 9.17) is 11.3 Å². The normalized spacial score (nSPS) is 11.2. The van der Waals surface area contributed by atoms with Crippen molar-refractivity contribution < 1.29 is 19.1 Å². The fourth-order valence-electron chi connectivity index (χ4n) is 0.822. The Morgan fingerprint density at radius 3 is 2.57 bits per heavy atom. The van der Waals surface area contributed by atoms with Gasteiger partial charge >= 0.3 is 18.5 Å². The fraction of sp³-hybridized carbons (Fsp3) is 0.667. The number of hydrogen-bond acceptors (Lipinski definition) is 4. The number of nitrogens with zero attached hydrogens (tertiary/aromatic N) is 1. The van der Waals surface area contributed by atoms with E-state index >= 15 is 0 Å². The summed E-state index contributed by atoms with van der Waals surface area (Å²) in [5.41, 5.74) is 0. The third-order valence-electron chi connectivity index (χ3n) is 1.30. The van der Waals surface area contributed by atoms with Crippen LogP contribution < -0.4 is 0 Å². The number of ether oxygens (including phenoxy) is 2. The smallest absolute Gasteiger partial charge is 0.387 e. The summed E-state index contributed by atoms with van der Waals surface area (Å²) in [7, 11) is 0. The SMILES string of the molecule is [C-]#[N+]CC(=O)OC(C)CC(=O)OCC. The molecule has 0 spiro atoms. The highest BCUT2D eigenvalue weighted by Gasteiger charge is 2.15. The summed E-state index contributed by atoms with van der Waals surface area (Å²) >= 11 is 0. The van der Waals surface area contributed by atoms with Crippen LogP contribution in [0.2, 0.25) is 0 Å². The summed E-state index contributed by atoms with van der Waals surface area (Å²) in [6, 6.07) is 0. The topological polar surface area (TPSA) is 57.0 Å². The van der Waals surface area contributed by atoms with Crippen molar-refractivity contribution in [1.29, 1.82) is 0 Å². The third kappa shape index (κ3) is 6.00. The average Bonchev–Trinajstić information content (AvgIpc) is 2.03. The minimum absolute atomic E-state index is 0.0254. The molecule has 0 fully saturated rings. The van der Waals surface area contributed by atoms with E-state index in [1.807, 2.05) is 0 Å².